The number of ether oxygens (including phenoxy) is 2. The van der Waals surface area contributed by atoms with E-state index >= 15 is 0 Å². The summed E-state index contributed by atoms with van der Waals surface area (Å²) < 4.78 is 11.4. The first kappa shape index (κ1) is 17.2. The standard InChI is InChI=1S/C21H31NO2/c1-16(23-3)9-11-19-15-22(2)20-14-18(10-12-21(20)24-19)13-17-7-5-4-6-8-17/h10,12,14,17,19H,1,4-9,11,13,15H2,2-3H3. The molecule has 0 N–H and O–H groups in total. The Bertz CT molecular complexity index is 563. The number of methoxy groups -OCH3 is 1. The van der Waals surface area contributed by atoms with E-state index in [1.807, 2.05) is 0 Å². The number of anilines is 1. The van der Waals surface area contributed by atoms with Gasteiger partial charge in [-0.25, -0.2) is 0 Å². The first-order chi connectivity index (χ1) is 11.7. The highest BCUT2D eigenvalue weighted by Crippen LogP contribution is 2.36. The second-order valence-electron chi connectivity index (χ2n) is 7.41. The van der Waals surface area contributed by atoms with Crippen LogP contribution in [0.15, 0.2) is 30.5 Å². The van der Waals surface area contributed by atoms with E-state index in [1.165, 1.54) is 49.8 Å². The van der Waals surface area contributed by atoms with Gasteiger partial charge in [0.15, 0.2) is 0 Å². The molecule has 1 aromatic carbocycles. The normalized spacial score (nSPS) is 21.1. The summed E-state index contributed by atoms with van der Waals surface area (Å²) in [4.78, 5) is 2.34. The number of hydrogen-bond donors (Lipinski definition) is 0. The second kappa shape index (κ2) is 7.96. The number of fused-ring (bicyclic) bond motifs is 1. The number of hydrogen-bond acceptors (Lipinski definition) is 3. The fourth-order valence-corrected chi connectivity index (χ4v) is 4.01. The van der Waals surface area contributed by atoms with E-state index in [1.54, 1.807) is 7.11 Å². The van der Waals surface area contributed by atoms with E-state index in [4.69, 9.17) is 9.47 Å². The lowest BCUT2D eigenvalue weighted by Crippen LogP contribution is -2.37. The summed E-state index contributed by atoms with van der Waals surface area (Å²) in [7, 11) is 3.85. The number of benzene rings is 1. The second-order valence-corrected chi connectivity index (χ2v) is 7.41. The Morgan fingerprint density at radius 3 is 2.83 bits per heavy atom. The van der Waals surface area contributed by atoms with E-state index < -0.39 is 0 Å². The summed E-state index contributed by atoms with van der Waals surface area (Å²) in [5, 5.41) is 0. The lowest BCUT2D eigenvalue weighted by atomic mass is 9.85. The van der Waals surface area contributed by atoms with Crippen LogP contribution in [0.5, 0.6) is 5.75 Å². The third-order valence-corrected chi connectivity index (χ3v) is 5.49. The molecule has 3 heteroatoms. The Morgan fingerprint density at radius 1 is 1.29 bits per heavy atom. The van der Waals surface area contributed by atoms with Gasteiger partial charge >= 0.3 is 0 Å². The number of likely N-dealkylation sites (N-methyl/N-ethyl adjacent to an activating group) is 1. The SMILES string of the molecule is C=C(CCC1CN(C)c2cc(CC3CCCCC3)ccc2O1)OC. The molecule has 1 fully saturated rings. The summed E-state index contributed by atoms with van der Waals surface area (Å²) in [5.41, 5.74) is 2.70. The van der Waals surface area contributed by atoms with Crippen LogP contribution >= 0.6 is 0 Å². The molecule has 0 amide bonds. The van der Waals surface area contributed by atoms with Gasteiger partial charge in [0.25, 0.3) is 0 Å². The van der Waals surface area contributed by atoms with Crippen molar-refractivity contribution in [1.82, 2.24) is 0 Å². The molecule has 0 radical (unpaired) electrons. The third kappa shape index (κ3) is 4.25. The summed E-state index contributed by atoms with van der Waals surface area (Å²) in [6.45, 7) is 4.82. The van der Waals surface area contributed by atoms with Gasteiger partial charge in [0.05, 0.1) is 25.1 Å². The molecule has 2 aliphatic rings. The molecule has 1 aliphatic carbocycles. The van der Waals surface area contributed by atoms with Crippen LogP contribution in [0.2, 0.25) is 0 Å². The fraction of sp³-hybridized carbons (Fsp3) is 0.619. The molecule has 0 aromatic heterocycles. The van der Waals surface area contributed by atoms with Crippen LogP contribution in [-0.2, 0) is 11.2 Å². The summed E-state index contributed by atoms with van der Waals surface area (Å²) in [6.07, 6.45) is 10.3. The van der Waals surface area contributed by atoms with Gasteiger partial charge in [-0.1, -0.05) is 44.7 Å². The molecule has 132 valence electrons. The molecule has 1 saturated carbocycles. The van der Waals surface area contributed by atoms with E-state index in [0.29, 0.717) is 0 Å². The third-order valence-electron chi connectivity index (χ3n) is 5.49. The van der Waals surface area contributed by atoms with Crippen LogP contribution in [0.4, 0.5) is 5.69 Å². The Kier molecular flexibility index (Phi) is 5.70. The molecular formula is C21H31NO2. The highest BCUT2D eigenvalue weighted by molar-refractivity contribution is 5.61. The van der Waals surface area contributed by atoms with Gasteiger partial charge in [0.2, 0.25) is 0 Å². The van der Waals surface area contributed by atoms with E-state index in [2.05, 4.69) is 36.7 Å². The maximum atomic E-state index is 6.20. The average molecular weight is 329 g/mol. The Balaban J connectivity index is 1.62. The first-order valence-corrected chi connectivity index (χ1v) is 9.38. The Morgan fingerprint density at radius 2 is 2.08 bits per heavy atom. The maximum absolute atomic E-state index is 6.20. The molecular weight excluding hydrogens is 298 g/mol. The van der Waals surface area contributed by atoms with Crippen LogP contribution in [0.1, 0.15) is 50.5 Å². The number of allylic oxidation sites excluding steroid dienone is 1. The molecule has 3 rings (SSSR count). The Hall–Kier alpha value is -1.64. The first-order valence-electron chi connectivity index (χ1n) is 9.38. The molecule has 1 unspecified atom stereocenters. The van der Waals surface area contributed by atoms with Crippen molar-refractivity contribution in [2.45, 2.75) is 57.5 Å². The quantitative estimate of drug-likeness (QED) is 0.690. The summed E-state index contributed by atoms with van der Waals surface area (Å²) in [6, 6.07) is 6.77. The molecule has 1 aromatic rings. The predicted molar refractivity (Wildman–Crippen MR) is 99.8 cm³/mol. The lowest BCUT2D eigenvalue weighted by Gasteiger charge is -2.34. The maximum Gasteiger partial charge on any atom is 0.143 e. The molecule has 1 atom stereocenters. The van der Waals surface area contributed by atoms with Crippen molar-refractivity contribution in [3.8, 4) is 5.75 Å². The summed E-state index contributed by atoms with van der Waals surface area (Å²) >= 11 is 0. The van der Waals surface area contributed by atoms with Gasteiger partial charge in [-0.3, -0.25) is 0 Å². The van der Waals surface area contributed by atoms with Crippen molar-refractivity contribution in [2.24, 2.45) is 5.92 Å². The van der Waals surface area contributed by atoms with Crippen molar-refractivity contribution in [1.29, 1.82) is 0 Å². The zero-order chi connectivity index (χ0) is 16.9. The van der Waals surface area contributed by atoms with E-state index in [9.17, 15) is 0 Å². The minimum atomic E-state index is 0.207. The molecule has 0 spiro atoms. The summed E-state index contributed by atoms with van der Waals surface area (Å²) in [5.74, 6) is 2.72. The fourth-order valence-electron chi connectivity index (χ4n) is 4.01. The van der Waals surface area contributed by atoms with Gasteiger partial charge in [0.1, 0.15) is 11.9 Å². The molecule has 3 nitrogen and oxygen atoms in total. The van der Waals surface area contributed by atoms with Gasteiger partial charge in [-0.2, -0.15) is 0 Å². The number of nitrogens with zero attached hydrogens (tertiary/aromatic N) is 1. The zero-order valence-corrected chi connectivity index (χ0v) is 15.2. The van der Waals surface area contributed by atoms with Crippen LogP contribution in [0.3, 0.4) is 0 Å². The highest BCUT2D eigenvalue weighted by atomic mass is 16.5. The Labute approximate surface area is 146 Å². The lowest BCUT2D eigenvalue weighted by molar-refractivity contribution is 0.175. The molecule has 1 aliphatic heterocycles. The van der Waals surface area contributed by atoms with Crippen molar-refractivity contribution in [3.05, 3.63) is 36.1 Å². The minimum absolute atomic E-state index is 0.207. The van der Waals surface area contributed by atoms with Gasteiger partial charge in [0, 0.05) is 13.5 Å². The van der Waals surface area contributed by atoms with Crippen LogP contribution < -0.4 is 9.64 Å². The molecule has 0 bridgehead atoms. The van der Waals surface area contributed by atoms with Gasteiger partial charge in [-0.15, -0.1) is 0 Å². The smallest absolute Gasteiger partial charge is 0.143 e. The highest BCUT2D eigenvalue weighted by Gasteiger charge is 2.24. The molecule has 1 heterocycles. The predicted octanol–water partition coefficient (Wildman–Crippen LogP) is 4.95. The molecule has 24 heavy (non-hydrogen) atoms. The average Bonchev–Trinajstić information content (AvgIpc) is 2.61. The van der Waals surface area contributed by atoms with E-state index in [-0.39, 0.29) is 6.10 Å². The van der Waals surface area contributed by atoms with Crippen molar-refractivity contribution in [3.63, 3.8) is 0 Å². The number of rotatable bonds is 6. The van der Waals surface area contributed by atoms with Crippen molar-refractivity contribution >= 4 is 5.69 Å². The van der Waals surface area contributed by atoms with Gasteiger partial charge in [-0.05, 0) is 36.5 Å². The van der Waals surface area contributed by atoms with Gasteiger partial charge < -0.3 is 14.4 Å². The van der Waals surface area contributed by atoms with Crippen LogP contribution in [0.25, 0.3) is 0 Å². The largest absolute Gasteiger partial charge is 0.502 e. The zero-order valence-electron chi connectivity index (χ0n) is 15.2. The van der Waals surface area contributed by atoms with Crippen molar-refractivity contribution in [2.75, 3.05) is 25.6 Å². The monoisotopic (exact) mass is 329 g/mol. The topological polar surface area (TPSA) is 21.7 Å². The van der Waals surface area contributed by atoms with E-state index in [0.717, 1.165) is 36.8 Å². The molecule has 0 saturated heterocycles. The van der Waals surface area contributed by atoms with Crippen LogP contribution in [-0.4, -0.2) is 26.8 Å². The van der Waals surface area contributed by atoms with Crippen LogP contribution in [0, 0.1) is 5.92 Å². The van der Waals surface area contributed by atoms with Crippen molar-refractivity contribution < 1.29 is 9.47 Å². The minimum Gasteiger partial charge on any atom is -0.502 e.